The SMILES string of the molecule is COc1ncnc(OC)c1-n1c(NS(=O)(=O)C(C)C(C)c2cnc(C)cn2)nnc1-c1cccnc1. The Hall–Kier alpha value is -4.20. The summed E-state index contributed by atoms with van der Waals surface area (Å²) < 4.78 is 41.8. The number of rotatable bonds is 9. The molecule has 14 heteroatoms. The van der Waals surface area contributed by atoms with Gasteiger partial charge in [0, 0.05) is 36.3 Å². The lowest BCUT2D eigenvalue weighted by molar-refractivity contribution is 0.368. The molecule has 4 heterocycles. The van der Waals surface area contributed by atoms with Crippen LogP contribution in [-0.4, -0.2) is 67.6 Å². The van der Waals surface area contributed by atoms with Gasteiger partial charge in [0.2, 0.25) is 27.7 Å². The van der Waals surface area contributed by atoms with Gasteiger partial charge < -0.3 is 9.47 Å². The van der Waals surface area contributed by atoms with Crippen molar-refractivity contribution < 1.29 is 17.9 Å². The molecule has 0 fully saturated rings. The zero-order chi connectivity index (χ0) is 25.9. The van der Waals surface area contributed by atoms with Crippen LogP contribution in [0.1, 0.15) is 31.2 Å². The number of pyridine rings is 1. The van der Waals surface area contributed by atoms with Crippen molar-refractivity contribution in [3.63, 3.8) is 0 Å². The molecule has 0 radical (unpaired) electrons. The predicted octanol–water partition coefficient (Wildman–Crippen LogP) is 2.17. The van der Waals surface area contributed by atoms with Crippen LogP contribution in [0.4, 0.5) is 5.95 Å². The van der Waals surface area contributed by atoms with E-state index in [4.69, 9.17) is 9.47 Å². The maximum Gasteiger partial charge on any atom is 0.245 e. The minimum atomic E-state index is -3.99. The van der Waals surface area contributed by atoms with Gasteiger partial charge in [0.05, 0.1) is 30.9 Å². The van der Waals surface area contributed by atoms with Gasteiger partial charge in [-0.15, -0.1) is 10.2 Å². The number of aromatic nitrogens is 8. The van der Waals surface area contributed by atoms with E-state index in [1.165, 1.54) is 25.1 Å². The number of anilines is 1. The Morgan fingerprint density at radius 3 is 2.28 bits per heavy atom. The quantitative estimate of drug-likeness (QED) is 0.351. The highest BCUT2D eigenvalue weighted by atomic mass is 32.2. The number of hydrogen-bond donors (Lipinski definition) is 1. The van der Waals surface area contributed by atoms with Gasteiger partial charge in [-0.2, -0.15) is 9.97 Å². The third-order valence-electron chi connectivity index (χ3n) is 5.64. The van der Waals surface area contributed by atoms with E-state index in [1.54, 1.807) is 50.8 Å². The second-order valence-corrected chi connectivity index (χ2v) is 9.93. The summed E-state index contributed by atoms with van der Waals surface area (Å²) in [5.41, 5.74) is 2.08. The van der Waals surface area contributed by atoms with Gasteiger partial charge in [-0.05, 0) is 26.0 Å². The molecule has 0 amide bonds. The third-order valence-corrected chi connectivity index (χ3v) is 7.50. The van der Waals surface area contributed by atoms with Gasteiger partial charge in [0.15, 0.2) is 11.5 Å². The molecule has 2 atom stereocenters. The summed E-state index contributed by atoms with van der Waals surface area (Å²) in [5, 5.41) is 7.47. The first-order valence-corrected chi connectivity index (χ1v) is 12.4. The summed E-state index contributed by atoms with van der Waals surface area (Å²) in [5.74, 6) is -0.0346. The molecule has 4 rings (SSSR count). The van der Waals surface area contributed by atoms with Gasteiger partial charge in [0.1, 0.15) is 6.33 Å². The van der Waals surface area contributed by atoms with Crippen molar-refractivity contribution in [1.82, 2.24) is 39.7 Å². The Kier molecular flexibility index (Phi) is 7.05. The van der Waals surface area contributed by atoms with Crippen LogP contribution in [0.3, 0.4) is 0 Å². The fourth-order valence-electron chi connectivity index (χ4n) is 3.45. The summed E-state index contributed by atoms with van der Waals surface area (Å²) in [4.78, 5) is 21.0. The highest BCUT2D eigenvalue weighted by Gasteiger charge is 2.32. The number of methoxy groups -OCH3 is 2. The molecule has 0 aliphatic rings. The van der Waals surface area contributed by atoms with Crippen LogP contribution >= 0.6 is 0 Å². The van der Waals surface area contributed by atoms with Crippen LogP contribution in [0, 0.1) is 6.92 Å². The van der Waals surface area contributed by atoms with E-state index in [0.717, 1.165) is 5.69 Å². The molecule has 0 aromatic carbocycles. The van der Waals surface area contributed by atoms with Crippen LogP contribution < -0.4 is 14.2 Å². The normalized spacial score (nSPS) is 13.1. The van der Waals surface area contributed by atoms with Crippen LogP contribution in [0.2, 0.25) is 0 Å². The molecule has 188 valence electrons. The molecule has 0 aliphatic heterocycles. The van der Waals surface area contributed by atoms with Gasteiger partial charge in [-0.3, -0.25) is 24.2 Å². The zero-order valence-corrected chi connectivity index (χ0v) is 21.1. The van der Waals surface area contributed by atoms with Crippen LogP contribution in [-0.2, 0) is 10.0 Å². The van der Waals surface area contributed by atoms with Gasteiger partial charge in [-0.25, -0.2) is 8.42 Å². The monoisotopic (exact) mass is 511 g/mol. The van der Waals surface area contributed by atoms with Crippen LogP contribution in [0.25, 0.3) is 17.1 Å². The Bertz CT molecular complexity index is 1420. The number of sulfonamides is 1. The van der Waals surface area contributed by atoms with Gasteiger partial charge >= 0.3 is 0 Å². The highest BCUT2D eigenvalue weighted by molar-refractivity contribution is 7.93. The van der Waals surface area contributed by atoms with Crippen molar-refractivity contribution >= 4 is 16.0 Å². The lowest BCUT2D eigenvalue weighted by Crippen LogP contribution is -2.31. The minimum Gasteiger partial charge on any atom is -0.479 e. The molecular weight excluding hydrogens is 486 g/mol. The summed E-state index contributed by atoms with van der Waals surface area (Å²) in [7, 11) is -1.14. The molecule has 4 aromatic rings. The number of aryl methyl sites for hydroxylation is 1. The second-order valence-electron chi connectivity index (χ2n) is 7.89. The van der Waals surface area contributed by atoms with E-state index < -0.39 is 21.2 Å². The van der Waals surface area contributed by atoms with Gasteiger partial charge in [-0.1, -0.05) is 6.92 Å². The lowest BCUT2D eigenvalue weighted by Gasteiger charge is -2.21. The zero-order valence-electron chi connectivity index (χ0n) is 20.3. The first kappa shape index (κ1) is 24.9. The maximum atomic E-state index is 13.5. The average Bonchev–Trinajstić information content (AvgIpc) is 3.30. The number of nitrogens with zero attached hydrogens (tertiary/aromatic N) is 8. The molecular formula is C22H25N9O4S. The standard InChI is InChI=1S/C22H25N9O4S/c1-13-9-25-17(11-24-13)14(2)15(3)36(32,33)30-22-29-28-19(16-7-6-8-23-10-16)31(22)18-20(34-4)26-12-27-21(18)35-5/h6-12,14-15H,1-5H3,(H,29,30). The molecule has 36 heavy (non-hydrogen) atoms. The Morgan fingerprint density at radius 2 is 1.69 bits per heavy atom. The van der Waals surface area contributed by atoms with E-state index >= 15 is 0 Å². The molecule has 0 spiro atoms. The molecule has 0 aliphatic carbocycles. The molecule has 0 saturated carbocycles. The van der Waals surface area contributed by atoms with E-state index in [0.29, 0.717) is 11.3 Å². The third kappa shape index (κ3) is 4.79. The minimum absolute atomic E-state index is 0.103. The van der Waals surface area contributed by atoms with Crippen molar-refractivity contribution in [2.75, 3.05) is 18.9 Å². The van der Waals surface area contributed by atoms with Crippen molar-refractivity contribution in [2.45, 2.75) is 31.9 Å². The molecule has 2 unspecified atom stereocenters. The Labute approximate surface area is 208 Å². The number of ether oxygens (including phenoxy) is 2. The first-order chi connectivity index (χ1) is 17.3. The predicted molar refractivity (Wildman–Crippen MR) is 130 cm³/mol. The first-order valence-electron chi connectivity index (χ1n) is 10.9. The van der Waals surface area contributed by atoms with Crippen molar-refractivity contribution in [1.29, 1.82) is 0 Å². The van der Waals surface area contributed by atoms with E-state index in [1.807, 2.05) is 6.92 Å². The fraction of sp³-hybridized carbons (Fsp3) is 0.318. The second kappa shape index (κ2) is 10.2. The fourth-order valence-corrected chi connectivity index (χ4v) is 4.70. The lowest BCUT2D eigenvalue weighted by atomic mass is 10.1. The molecule has 0 saturated heterocycles. The number of hydrogen-bond acceptors (Lipinski definition) is 11. The van der Waals surface area contributed by atoms with Crippen molar-refractivity contribution in [3.8, 4) is 28.8 Å². The van der Waals surface area contributed by atoms with Crippen LogP contribution in [0.15, 0.2) is 43.2 Å². The summed E-state index contributed by atoms with van der Waals surface area (Å²) in [6.07, 6.45) is 7.63. The largest absolute Gasteiger partial charge is 0.479 e. The average molecular weight is 512 g/mol. The van der Waals surface area contributed by atoms with Crippen molar-refractivity contribution in [2.24, 2.45) is 0 Å². The molecule has 13 nitrogen and oxygen atoms in total. The van der Waals surface area contributed by atoms with E-state index in [2.05, 4.69) is 39.8 Å². The topological polar surface area (TPSA) is 160 Å². The van der Waals surface area contributed by atoms with Crippen molar-refractivity contribution in [3.05, 3.63) is 54.6 Å². The van der Waals surface area contributed by atoms with E-state index in [-0.39, 0.29) is 29.2 Å². The van der Waals surface area contributed by atoms with E-state index in [9.17, 15) is 8.42 Å². The smallest absolute Gasteiger partial charge is 0.245 e. The number of nitrogens with one attached hydrogen (secondary N) is 1. The maximum absolute atomic E-state index is 13.5. The molecule has 1 N–H and O–H groups in total. The Morgan fingerprint density at radius 1 is 0.972 bits per heavy atom. The van der Waals surface area contributed by atoms with Crippen LogP contribution in [0.5, 0.6) is 11.8 Å². The Balaban J connectivity index is 1.81. The molecule has 4 aromatic heterocycles. The summed E-state index contributed by atoms with van der Waals surface area (Å²) in [6.45, 7) is 5.17. The molecule has 0 bridgehead atoms. The van der Waals surface area contributed by atoms with Gasteiger partial charge in [0.25, 0.3) is 0 Å². The summed E-state index contributed by atoms with van der Waals surface area (Å²) in [6, 6.07) is 3.48. The highest BCUT2D eigenvalue weighted by Crippen LogP contribution is 2.35. The summed E-state index contributed by atoms with van der Waals surface area (Å²) >= 11 is 0.